The molecule has 3 unspecified atom stereocenters. The third kappa shape index (κ3) is 1.73. The minimum atomic E-state index is -0.334. The fourth-order valence-electron chi connectivity index (χ4n) is 4.01. The SMILES string of the molecule is CC1([C@H](O)c2ccccc2)C2C=CCC1CCC2. The van der Waals surface area contributed by atoms with Gasteiger partial charge in [-0.15, -0.1) is 0 Å². The second kappa shape index (κ2) is 4.55. The number of hydrogen-bond acceptors (Lipinski definition) is 1. The van der Waals surface area contributed by atoms with Crippen molar-refractivity contribution in [2.75, 3.05) is 0 Å². The molecule has 1 nitrogen and oxygen atoms in total. The van der Waals surface area contributed by atoms with Gasteiger partial charge in [-0.3, -0.25) is 0 Å². The Bertz CT molecular complexity index is 436. The van der Waals surface area contributed by atoms with Gasteiger partial charge < -0.3 is 5.11 Å². The molecular weight excluding hydrogens is 220 g/mol. The summed E-state index contributed by atoms with van der Waals surface area (Å²) in [4.78, 5) is 0. The van der Waals surface area contributed by atoms with Gasteiger partial charge in [0, 0.05) is 5.41 Å². The van der Waals surface area contributed by atoms with Crippen LogP contribution < -0.4 is 0 Å². The van der Waals surface area contributed by atoms with Gasteiger partial charge in [-0.05, 0) is 36.7 Å². The molecule has 1 N–H and O–H groups in total. The van der Waals surface area contributed by atoms with E-state index in [4.69, 9.17) is 0 Å². The van der Waals surface area contributed by atoms with Crippen LogP contribution in [-0.2, 0) is 0 Å². The molecule has 1 fully saturated rings. The van der Waals surface area contributed by atoms with Crippen molar-refractivity contribution in [2.45, 2.75) is 38.7 Å². The van der Waals surface area contributed by atoms with Crippen LogP contribution in [-0.4, -0.2) is 5.11 Å². The van der Waals surface area contributed by atoms with Crippen molar-refractivity contribution in [2.24, 2.45) is 17.3 Å². The third-order valence-corrected chi connectivity index (χ3v) is 5.24. The lowest BCUT2D eigenvalue weighted by molar-refractivity contribution is -0.0675. The summed E-state index contributed by atoms with van der Waals surface area (Å²) in [5.41, 5.74) is 1.10. The Labute approximate surface area is 110 Å². The van der Waals surface area contributed by atoms with Crippen molar-refractivity contribution in [1.29, 1.82) is 0 Å². The summed E-state index contributed by atoms with van der Waals surface area (Å²) in [6.45, 7) is 2.29. The highest BCUT2D eigenvalue weighted by molar-refractivity contribution is 5.23. The fourth-order valence-corrected chi connectivity index (χ4v) is 4.01. The lowest BCUT2D eigenvalue weighted by Gasteiger charge is -2.51. The van der Waals surface area contributed by atoms with Crippen LogP contribution in [0.1, 0.15) is 44.3 Å². The van der Waals surface area contributed by atoms with E-state index >= 15 is 0 Å². The van der Waals surface area contributed by atoms with Crippen LogP contribution in [0.5, 0.6) is 0 Å². The molecule has 0 heterocycles. The molecule has 0 amide bonds. The monoisotopic (exact) mass is 242 g/mol. The van der Waals surface area contributed by atoms with E-state index in [1.807, 2.05) is 18.2 Å². The molecule has 4 atom stereocenters. The van der Waals surface area contributed by atoms with Crippen molar-refractivity contribution < 1.29 is 5.11 Å². The van der Waals surface area contributed by atoms with Gasteiger partial charge in [0.25, 0.3) is 0 Å². The third-order valence-electron chi connectivity index (χ3n) is 5.24. The van der Waals surface area contributed by atoms with Crippen LogP contribution in [0.15, 0.2) is 42.5 Å². The molecule has 96 valence electrons. The number of hydrogen-bond donors (Lipinski definition) is 1. The summed E-state index contributed by atoms with van der Waals surface area (Å²) in [6.07, 6.45) is 9.29. The Morgan fingerprint density at radius 2 is 2.00 bits per heavy atom. The van der Waals surface area contributed by atoms with E-state index in [0.717, 1.165) is 12.0 Å². The standard InChI is InChI=1S/C17H22O/c1-17(16(18)13-7-3-2-4-8-13)14-9-5-10-15(17)12-6-11-14/h2-5,7-9,14-16,18H,6,10-12H2,1H3/t14?,15?,16-,17?/m1/s1. The minimum absolute atomic E-state index is 0.0222. The van der Waals surface area contributed by atoms with Crippen LogP contribution in [0.25, 0.3) is 0 Å². The summed E-state index contributed by atoms with van der Waals surface area (Å²) in [5.74, 6) is 1.18. The average Bonchev–Trinajstić information content (AvgIpc) is 2.38. The zero-order valence-corrected chi connectivity index (χ0v) is 11.0. The maximum absolute atomic E-state index is 10.9. The van der Waals surface area contributed by atoms with Crippen molar-refractivity contribution in [1.82, 2.24) is 0 Å². The zero-order chi connectivity index (χ0) is 12.6. The van der Waals surface area contributed by atoms with Gasteiger partial charge in [0.05, 0.1) is 6.10 Å². The van der Waals surface area contributed by atoms with Crippen LogP contribution in [0, 0.1) is 17.3 Å². The van der Waals surface area contributed by atoms with Gasteiger partial charge in [0.1, 0.15) is 0 Å². The second-order valence-corrected chi connectivity index (χ2v) is 6.08. The number of fused-ring (bicyclic) bond motifs is 2. The van der Waals surface area contributed by atoms with Crippen LogP contribution in [0.4, 0.5) is 0 Å². The van der Waals surface area contributed by atoms with Gasteiger partial charge >= 0.3 is 0 Å². The number of allylic oxidation sites excluding steroid dienone is 2. The van der Waals surface area contributed by atoms with Gasteiger partial charge in [-0.25, -0.2) is 0 Å². The lowest BCUT2D eigenvalue weighted by Crippen LogP contribution is -2.44. The van der Waals surface area contributed by atoms with Gasteiger partial charge in [0.15, 0.2) is 0 Å². The minimum Gasteiger partial charge on any atom is -0.388 e. The van der Waals surface area contributed by atoms with Crippen molar-refractivity contribution in [3.8, 4) is 0 Å². The Kier molecular flexibility index (Phi) is 3.03. The van der Waals surface area contributed by atoms with Gasteiger partial charge in [0.2, 0.25) is 0 Å². The second-order valence-electron chi connectivity index (χ2n) is 6.08. The summed E-state index contributed by atoms with van der Waals surface area (Å²) >= 11 is 0. The predicted octanol–water partition coefficient (Wildman–Crippen LogP) is 4.10. The van der Waals surface area contributed by atoms with Crippen LogP contribution in [0.2, 0.25) is 0 Å². The van der Waals surface area contributed by atoms with Crippen molar-refractivity contribution in [3.05, 3.63) is 48.0 Å². The van der Waals surface area contributed by atoms with Crippen LogP contribution in [0.3, 0.4) is 0 Å². The molecule has 2 aliphatic carbocycles. The molecule has 2 aliphatic rings. The van der Waals surface area contributed by atoms with E-state index in [9.17, 15) is 5.11 Å². The first-order chi connectivity index (χ1) is 8.73. The predicted molar refractivity (Wildman–Crippen MR) is 74.1 cm³/mol. The lowest BCUT2D eigenvalue weighted by atomic mass is 9.54. The van der Waals surface area contributed by atoms with Crippen molar-refractivity contribution >= 4 is 0 Å². The average molecular weight is 242 g/mol. The Balaban J connectivity index is 1.97. The highest BCUT2D eigenvalue weighted by Gasteiger charge is 2.49. The Morgan fingerprint density at radius 1 is 1.22 bits per heavy atom. The van der Waals surface area contributed by atoms with Gasteiger partial charge in [-0.1, -0.05) is 55.8 Å². The van der Waals surface area contributed by atoms with E-state index in [1.165, 1.54) is 19.3 Å². The molecule has 0 aromatic heterocycles. The van der Waals surface area contributed by atoms with Gasteiger partial charge in [-0.2, -0.15) is 0 Å². The normalized spacial score (nSPS) is 36.3. The first-order valence-corrected chi connectivity index (χ1v) is 7.12. The van der Waals surface area contributed by atoms with Crippen LogP contribution >= 0.6 is 0 Å². The first-order valence-electron chi connectivity index (χ1n) is 7.12. The van der Waals surface area contributed by atoms with E-state index in [2.05, 4.69) is 31.2 Å². The molecule has 0 spiro atoms. The van der Waals surface area contributed by atoms with E-state index in [1.54, 1.807) is 0 Å². The fraction of sp³-hybridized carbons (Fsp3) is 0.529. The number of benzene rings is 1. The summed E-state index contributed by atoms with van der Waals surface area (Å²) in [5, 5.41) is 10.9. The Morgan fingerprint density at radius 3 is 2.72 bits per heavy atom. The molecular formula is C17H22O. The van der Waals surface area contributed by atoms with E-state index in [0.29, 0.717) is 11.8 Å². The molecule has 0 radical (unpaired) electrons. The molecule has 1 aromatic carbocycles. The summed E-state index contributed by atoms with van der Waals surface area (Å²) in [7, 11) is 0. The molecule has 18 heavy (non-hydrogen) atoms. The van der Waals surface area contributed by atoms with E-state index in [-0.39, 0.29) is 11.5 Å². The Hall–Kier alpha value is -1.08. The van der Waals surface area contributed by atoms with E-state index < -0.39 is 0 Å². The summed E-state index contributed by atoms with van der Waals surface area (Å²) < 4.78 is 0. The molecule has 2 bridgehead atoms. The number of rotatable bonds is 2. The smallest absolute Gasteiger partial charge is 0.0851 e. The molecule has 1 saturated carbocycles. The number of aliphatic hydroxyl groups is 1. The molecule has 1 heteroatoms. The molecule has 0 aliphatic heterocycles. The zero-order valence-electron chi connectivity index (χ0n) is 11.0. The molecule has 1 aromatic rings. The number of aliphatic hydroxyl groups excluding tert-OH is 1. The highest BCUT2D eigenvalue weighted by atomic mass is 16.3. The quantitative estimate of drug-likeness (QED) is 0.774. The largest absolute Gasteiger partial charge is 0.388 e. The molecule has 3 rings (SSSR count). The highest BCUT2D eigenvalue weighted by Crippen LogP contribution is 2.56. The summed E-state index contributed by atoms with van der Waals surface area (Å²) in [6, 6.07) is 10.2. The van der Waals surface area contributed by atoms with Crippen molar-refractivity contribution in [3.63, 3.8) is 0 Å². The molecule has 0 saturated heterocycles. The maximum atomic E-state index is 10.9. The topological polar surface area (TPSA) is 20.2 Å². The first kappa shape index (κ1) is 12.0. The maximum Gasteiger partial charge on any atom is 0.0851 e.